The Morgan fingerprint density at radius 3 is 2.32 bits per heavy atom. The van der Waals surface area contributed by atoms with Gasteiger partial charge in [0.2, 0.25) is 0 Å². The molecule has 0 aliphatic heterocycles. The number of hydrogen-bond acceptors (Lipinski definition) is 5. The number of para-hydroxylation sites is 1. The van der Waals surface area contributed by atoms with Crippen molar-refractivity contribution in [1.82, 2.24) is 0 Å². The van der Waals surface area contributed by atoms with Crippen LogP contribution in [-0.4, -0.2) is 27.3 Å². The fourth-order valence-corrected chi connectivity index (χ4v) is 2.40. The summed E-state index contributed by atoms with van der Waals surface area (Å²) in [6, 6.07) is 7.12. The van der Waals surface area contributed by atoms with Crippen LogP contribution in [0, 0.1) is 0 Å². The number of aromatic hydroxyl groups is 1. The minimum atomic E-state index is -1.55. The topological polar surface area (TPSA) is 125 Å². The summed E-state index contributed by atoms with van der Waals surface area (Å²) in [7, 11) is 0. The van der Waals surface area contributed by atoms with E-state index in [9.17, 15) is 24.6 Å². The number of carboxylic acid groups (broad SMARTS) is 2. The zero-order chi connectivity index (χ0) is 16.0. The second-order valence-corrected chi connectivity index (χ2v) is 4.57. The number of phenols is 1. The van der Waals surface area contributed by atoms with Crippen molar-refractivity contribution < 1.29 is 29.3 Å². The number of rotatable bonds is 2. The first-order chi connectivity index (χ1) is 10.4. The molecule has 0 amide bonds. The number of carbonyl (C=O) groups is 2. The monoisotopic (exact) mass is 300 g/mol. The Morgan fingerprint density at radius 2 is 1.68 bits per heavy atom. The molecule has 3 N–H and O–H groups in total. The smallest absolute Gasteiger partial charge is 0.344 e. The van der Waals surface area contributed by atoms with Crippen molar-refractivity contribution in [1.29, 1.82) is 0 Å². The Morgan fingerprint density at radius 1 is 1.00 bits per heavy atom. The fraction of sp³-hybridized carbons (Fsp3) is 0. The van der Waals surface area contributed by atoms with Gasteiger partial charge in [-0.15, -0.1) is 0 Å². The van der Waals surface area contributed by atoms with Crippen LogP contribution in [0.2, 0.25) is 0 Å². The summed E-state index contributed by atoms with van der Waals surface area (Å²) in [5, 5.41) is 28.4. The van der Waals surface area contributed by atoms with Gasteiger partial charge in [0.25, 0.3) is 0 Å². The maximum absolute atomic E-state index is 12.0. The first-order valence-corrected chi connectivity index (χ1v) is 6.10. The summed E-state index contributed by atoms with van der Waals surface area (Å²) in [5.74, 6) is -3.99. The van der Waals surface area contributed by atoms with E-state index in [0.29, 0.717) is 5.39 Å². The van der Waals surface area contributed by atoms with Crippen LogP contribution in [0.3, 0.4) is 0 Å². The van der Waals surface area contributed by atoms with Gasteiger partial charge in [-0.05, 0) is 12.1 Å². The number of carboxylic acids is 2. The van der Waals surface area contributed by atoms with E-state index < -0.39 is 34.4 Å². The molecule has 3 aromatic rings. The molecule has 1 aromatic heterocycles. The lowest BCUT2D eigenvalue weighted by Crippen LogP contribution is -2.09. The first-order valence-electron chi connectivity index (χ1n) is 6.10. The van der Waals surface area contributed by atoms with Crippen molar-refractivity contribution in [2.24, 2.45) is 0 Å². The van der Waals surface area contributed by atoms with Crippen LogP contribution in [0.15, 0.2) is 39.5 Å². The van der Waals surface area contributed by atoms with E-state index in [4.69, 9.17) is 9.52 Å². The molecule has 0 atom stereocenters. The van der Waals surface area contributed by atoms with E-state index in [0.717, 1.165) is 6.07 Å². The molecule has 0 aliphatic carbocycles. The highest BCUT2D eigenvalue weighted by Crippen LogP contribution is 2.34. The van der Waals surface area contributed by atoms with E-state index in [1.54, 1.807) is 12.1 Å². The first kappa shape index (κ1) is 13.6. The van der Waals surface area contributed by atoms with Gasteiger partial charge in [0, 0.05) is 10.8 Å². The highest BCUT2D eigenvalue weighted by molar-refractivity contribution is 6.18. The van der Waals surface area contributed by atoms with E-state index in [2.05, 4.69) is 0 Å². The van der Waals surface area contributed by atoms with Crippen LogP contribution in [0.5, 0.6) is 5.75 Å². The lowest BCUT2D eigenvalue weighted by atomic mass is 9.97. The van der Waals surface area contributed by atoms with Gasteiger partial charge in [-0.3, -0.25) is 0 Å². The maximum Gasteiger partial charge on any atom is 0.344 e. The molecule has 0 saturated heterocycles. The zero-order valence-corrected chi connectivity index (χ0v) is 10.9. The van der Waals surface area contributed by atoms with Crippen molar-refractivity contribution in [3.63, 3.8) is 0 Å². The zero-order valence-electron chi connectivity index (χ0n) is 10.9. The molecule has 0 unspecified atom stereocenters. The van der Waals surface area contributed by atoms with Gasteiger partial charge in [0.1, 0.15) is 22.5 Å². The molecule has 0 radical (unpaired) electrons. The summed E-state index contributed by atoms with van der Waals surface area (Å²) in [5.41, 5.74) is -2.05. The SMILES string of the molecule is O=C(O)c1cc2c(=O)oc3ccccc3c2c(C(=O)O)c1O. The summed E-state index contributed by atoms with van der Waals surface area (Å²) in [6.07, 6.45) is 0. The van der Waals surface area contributed by atoms with Crippen LogP contribution in [0.1, 0.15) is 20.7 Å². The standard InChI is InChI=1S/C15H8O7/c16-12-8(13(17)18)5-7-10(11(12)14(19)20)6-3-1-2-4-9(6)22-15(7)21/h1-5,16H,(H,17,18)(H,19,20). The van der Waals surface area contributed by atoms with Crippen LogP contribution in [0.4, 0.5) is 0 Å². The Labute approximate surface area is 121 Å². The van der Waals surface area contributed by atoms with Crippen LogP contribution >= 0.6 is 0 Å². The third kappa shape index (κ3) is 1.80. The molecule has 7 heteroatoms. The largest absolute Gasteiger partial charge is 0.506 e. The molecule has 0 bridgehead atoms. The lowest BCUT2D eigenvalue weighted by molar-refractivity contribution is 0.0693. The Kier molecular flexibility index (Phi) is 2.84. The van der Waals surface area contributed by atoms with Gasteiger partial charge in [-0.25, -0.2) is 14.4 Å². The average Bonchev–Trinajstić information content (AvgIpc) is 2.46. The van der Waals surface area contributed by atoms with E-state index in [1.807, 2.05) is 0 Å². The summed E-state index contributed by atoms with van der Waals surface area (Å²) in [4.78, 5) is 34.6. The molecular weight excluding hydrogens is 292 g/mol. The third-order valence-corrected chi connectivity index (χ3v) is 3.32. The number of benzene rings is 2. The lowest BCUT2D eigenvalue weighted by Gasteiger charge is -2.10. The molecule has 0 fully saturated rings. The number of hydrogen-bond donors (Lipinski definition) is 3. The maximum atomic E-state index is 12.0. The third-order valence-electron chi connectivity index (χ3n) is 3.32. The van der Waals surface area contributed by atoms with Crippen molar-refractivity contribution in [2.75, 3.05) is 0 Å². The van der Waals surface area contributed by atoms with Gasteiger partial charge < -0.3 is 19.7 Å². The minimum Gasteiger partial charge on any atom is -0.506 e. The van der Waals surface area contributed by atoms with Gasteiger partial charge in [-0.1, -0.05) is 18.2 Å². The molecule has 0 aliphatic rings. The van der Waals surface area contributed by atoms with Gasteiger partial charge >= 0.3 is 17.6 Å². The summed E-state index contributed by atoms with van der Waals surface area (Å²) in [6.45, 7) is 0. The predicted octanol–water partition coefficient (Wildman–Crippen LogP) is 2.05. The van der Waals surface area contributed by atoms with Crippen molar-refractivity contribution in [3.05, 3.63) is 51.9 Å². The van der Waals surface area contributed by atoms with Gasteiger partial charge in [0.15, 0.2) is 0 Å². The molecular formula is C15H8O7. The van der Waals surface area contributed by atoms with Gasteiger partial charge in [-0.2, -0.15) is 0 Å². The second kappa shape index (κ2) is 4.59. The van der Waals surface area contributed by atoms with Crippen LogP contribution in [-0.2, 0) is 0 Å². The fourth-order valence-electron chi connectivity index (χ4n) is 2.40. The Bertz CT molecular complexity index is 1010. The second-order valence-electron chi connectivity index (χ2n) is 4.57. The molecule has 110 valence electrons. The number of aromatic carboxylic acids is 2. The molecule has 7 nitrogen and oxygen atoms in total. The Balaban J connectivity index is 2.70. The van der Waals surface area contributed by atoms with Crippen LogP contribution < -0.4 is 5.63 Å². The van der Waals surface area contributed by atoms with Crippen molar-refractivity contribution >= 4 is 33.7 Å². The molecule has 3 rings (SSSR count). The molecule has 0 saturated carbocycles. The Hall–Kier alpha value is -3.35. The minimum absolute atomic E-state index is 0.0538. The summed E-state index contributed by atoms with van der Waals surface area (Å²) < 4.78 is 5.06. The van der Waals surface area contributed by atoms with Gasteiger partial charge in [0.05, 0.1) is 5.39 Å². The van der Waals surface area contributed by atoms with E-state index in [-0.39, 0.29) is 16.4 Å². The summed E-state index contributed by atoms with van der Waals surface area (Å²) >= 11 is 0. The van der Waals surface area contributed by atoms with E-state index in [1.165, 1.54) is 12.1 Å². The molecule has 2 aromatic carbocycles. The molecule has 22 heavy (non-hydrogen) atoms. The molecule has 0 spiro atoms. The highest BCUT2D eigenvalue weighted by atomic mass is 16.4. The predicted molar refractivity (Wildman–Crippen MR) is 75.6 cm³/mol. The highest BCUT2D eigenvalue weighted by Gasteiger charge is 2.25. The van der Waals surface area contributed by atoms with Crippen molar-refractivity contribution in [3.8, 4) is 5.75 Å². The quantitative estimate of drug-likeness (QED) is 0.488. The number of fused-ring (bicyclic) bond motifs is 3. The van der Waals surface area contributed by atoms with Crippen LogP contribution in [0.25, 0.3) is 21.7 Å². The normalized spacial score (nSPS) is 10.9. The van der Waals surface area contributed by atoms with Crippen molar-refractivity contribution in [2.45, 2.75) is 0 Å². The van der Waals surface area contributed by atoms with E-state index >= 15 is 0 Å². The average molecular weight is 300 g/mol. The molecule has 1 heterocycles.